The Morgan fingerprint density at radius 1 is 1.00 bits per heavy atom. The molecule has 6 heteroatoms. The Morgan fingerprint density at radius 3 is 2.53 bits per heavy atom. The summed E-state index contributed by atoms with van der Waals surface area (Å²) in [5.74, 6) is 0.940. The number of piperazine rings is 1. The first-order chi connectivity index (χ1) is 15.7. The average molecular weight is 437 g/mol. The molecule has 0 spiro atoms. The van der Waals surface area contributed by atoms with Crippen LogP contribution in [0.15, 0.2) is 35.1 Å². The number of hydrogen-bond donors (Lipinski definition) is 0. The summed E-state index contributed by atoms with van der Waals surface area (Å²) in [6, 6.07) is 0.846. The molecule has 6 nitrogen and oxygen atoms in total. The molecule has 0 amide bonds. The maximum absolute atomic E-state index is 5.03. The summed E-state index contributed by atoms with van der Waals surface area (Å²) in [4.78, 5) is 21.9. The molecular formula is C26H40N6. The molecule has 4 aliphatic rings. The summed E-state index contributed by atoms with van der Waals surface area (Å²) in [5.41, 5.74) is 5.06. The van der Waals surface area contributed by atoms with Crippen LogP contribution in [0.1, 0.15) is 57.7 Å². The number of fused-ring (bicyclic) bond motifs is 1. The van der Waals surface area contributed by atoms with Gasteiger partial charge in [-0.1, -0.05) is 32.4 Å². The Hall–Kier alpha value is -2.05. The van der Waals surface area contributed by atoms with Gasteiger partial charge >= 0.3 is 0 Å². The normalized spacial score (nSPS) is 22.5. The smallest absolute Gasteiger partial charge is 0.225 e. The Morgan fingerprint density at radius 2 is 1.78 bits per heavy atom. The van der Waals surface area contributed by atoms with Gasteiger partial charge in [0.25, 0.3) is 0 Å². The van der Waals surface area contributed by atoms with Gasteiger partial charge in [-0.3, -0.25) is 14.8 Å². The molecule has 4 heterocycles. The number of aromatic nitrogens is 2. The van der Waals surface area contributed by atoms with Crippen molar-refractivity contribution in [3.8, 4) is 0 Å². The molecule has 0 atom stereocenters. The highest BCUT2D eigenvalue weighted by Gasteiger charge is 2.29. The van der Waals surface area contributed by atoms with E-state index >= 15 is 0 Å². The monoisotopic (exact) mass is 436 g/mol. The number of allylic oxidation sites excluding steroid dienone is 1. The molecule has 0 radical (unpaired) electrons. The predicted octanol–water partition coefficient (Wildman–Crippen LogP) is 3.88. The second-order valence-corrected chi connectivity index (χ2v) is 9.20. The number of rotatable bonds is 4. The van der Waals surface area contributed by atoms with Crippen molar-refractivity contribution in [1.29, 1.82) is 0 Å². The quantitative estimate of drug-likeness (QED) is 0.717. The number of anilines is 1. The third-order valence-corrected chi connectivity index (χ3v) is 7.09. The molecule has 5 rings (SSSR count). The van der Waals surface area contributed by atoms with E-state index in [2.05, 4.69) is 45.0 Å². The first-order valence-corrected chi connectivity index (χ1v) is 12.7. The highest BCUT2D eigenvalue weighted by Crippen LogP contribution is 2.26. The van der Waals surface area contributed by atoms with E-state index < -0.39 is 0 Å². The molecule has 2 fully saturated rings. The molecule has 0 bridgehead atoms. The third kappa shape index (κ3) is 5.65. The van der Waals surface area contributed by atoms with Gasteiger partial charge in [0.1, 0.15) is 0 Å². The molecule has 1 aromatic heterocycles. The van der Waals surface area contributed by atoms with Crippen LogP contribution < -0.4 is 4.90 Å². The van der Waals surface area contributed by atoms with Gasteiger partial charge in [0, 0.05) is 82.8 Å². The summed E-state index contributed by atoms with van der Waals surface area (Å²) in [7, 11) is 0. The lowest BCUT2D eigenvalue weighted by molar-refractivity contribution is 0.120. The van der Waals surface area contributed by atoms with Crippen molar-refractivity contribution in [1.82, 2.24) is 19.8 Å². The zero-order valence-corrected chi connectivity index (χ0v) is 20.3. The summed E-state index contributed by atoms with van der Waals surface area (Å²) in [6.07, 6.45) is 15.8. The lowest BCUT2D eigenvalue weighted by Gasteiger charge is -2.43. The predicted molar refractivity (Wildman–Crippen MR) is 134 cm³/mol. The second-order valence-electron chi connectivity index (χ2n) is 9.20. The van der Waals surface area contributed by atoms with Crippen LogP contribution in [0.2, 0.25) is 0 Å². The van der Waals surface area contributed by atoms with E-state index in [1.165, 1.54) is 41.8 Å². The maximum atomic E-state index is 5.03. The van der Waals surface area contributed by atoms with E-state index in [0.29, 0.717) is 0 Å². The minimum atomic E-state index is 0.846. The summed E-state index contributed by atoms with van der Waals surface area (Å²) in [6.45, 7) is 13.6. The van der Waals surface area contributed by atoms with Crippen molar-refractivity contribution in [3.05, 3.63) is 41.4 Å². The standard InChI is InChI=1S/C24H34N6.C2H6/c1-19-4-2-5-20(16-25-19)18-28-10-8-21-17-26-24(27-23(21)9-11-28)30-14-12-29(13-15-30)22-6-3-7-22;1-2/h2,5,16-17,22H,3-4,6-15,18H2,1H3;1-2H3. The van der Waals surface area contributed by atoms with Gasteiger partial charge in [-0.25, -0.2) is 9.97 Å². The molecule has 32 heavy (non-hydrogen) atoms. The van der Waals surface area contributed by atoms with Crippen LogP contribution in [0.5, 0.6) is 0 Å². The zero-order valence-electron chi connectivity index (χ0n) is 20.3. The van der Waals surface area contributed by atoms with E-state index in [-0.39, 0.29) is 0 Å². The van der Waals surface area contributed by atoms with Crippen LogP contribution in [-0.4, -0.2) is 77.3 Å². The Kier molecular flexibility index (Phi) is 8.09. The molecule has 0 N–H and O–H groups in total. The van der Waals surface area contributed by atoms with Crippen LogP contribution >= 0.6 is 0 Å². The SMILES string of the molecule is CC.CC1=NC=C(CN2CCc3cnc(N4CCN(C5CCC5)CC4)nc3CC2)C=CC1. The summed E-state index contributed by atoms with van der Waals surface area (Å²) >= 11 is 0. The van der Waals surface area contributed by atoms with E-state index in [9.17, 15) is 0 Å². The van der Waals surface area contributed by atoms with Crippen LogP contribution in [0.3, 0.4) is 0 Å². The van der Waals surface area contributed by atoms with Gasteiger partial charge in [0.15, 0.2) is 0 Å². The Bertz CT molecular complexity index is 846. The number of nitrogens with zero attached hydrogens (tertiary/aromatic N) is 6. The van der Waals surface area contributed by atoms with Crippen LogP contribution in [0, 0.1) is 0 Å². The topological polar surface area (TPSA) is 47.9 Å². The van der Waals surface area contributed by atoms with Crippen LogP contribution in [0.25, 0.3) is 0 Å². The van der Waals surface area contributed by atoms with Crippen molar-refractivity contribution in [2.45, 2.75) is 65.3 Å². The first-order valence-electron chi connectivity index (χ1n) is 12.7. The average Bonchev–Trinajstić information content (AvgIpc) is 3.12. The van der Waals surface area contributed by atoms with E-state index in [4.69, 9.17) is 9.97 Å². The molecule has 174 valence electrons. The van der Waals surface area contributed by atoms with Gasteiger partial charge in [0.2, 0.25) is 5.95 Å². The number of hydrogen-bond acceptors (Lipinski definition) is 6. The third-order valence-electron chi connectivity index (χ3n) is 7.09. The molecule has 3 aliphatic heterocycles. The van der Waals surface area contributed by atoms with Crippen molar-refractivity contribution < 1.29 is 0 Å². The largest absolute Gasteiger partial charge is 0.338 e. The highest BCUT2D eigenvalue weighted by molar-refractivity contribution is 5.84. The molecule has 1 saturated carbocycles. The van der Waals surface area contributed by atoms with Crippen molar-refractivity contribution in [2.24, 2.45) is 4.99 Å². The van der Waals surface area contributed by atoms with E-state index in [1.54, 1.807) is 0 Å². The zero-order chi connectivity index (χ0) is 22.3. The van der Waals surface area contributed by atoms with E-state index in [1.807, 2.05) is 20.0 Å². The minimum absolute atomic E-state index is 0.846. The molecule has 1 saturated heterocycles. The lowest BCUT2D eigenvalue weighted by atomic mass is 9.91. The van der Waals surface area contributed by atoms with Gasteiger partial charge in [-0.05, 0) is 37.3 Å². The fourth-order valence-electron chi connectivity index (χ4n) is 4.88. The van der Waals surface area contributed by atoms with Gasteiger partial charge in [-0.15, -0.1) is 0 Å². The number of aliphatic imine (C=N–C) groups is 1. The summed E-state index contributed by atoms with van der Waals surface area (Å²) < 4.78 is 0. The molecule has 0 aromatic carbocycles. The lowest BCUT2D eigenvalue weighted by Crippen LogP contribution is -2.52. The molecule has 1 aliphatic carbocycles. The molecule has 1 aromatic rings. The van der Waals surface area contributed by atoms with Gasteiger partial charge < -0.3 is 4.90 Å². The van der Waals surface area contributed by atoms with Crippen molar-refractivity contribution >= 4 is 11.7 Å². The first kappa shape index (κ1) is 23.1. The molecule has 0 unspecified atom stereocenters. The summed E-state index contributed by atoms with van der Waals surface area (Å²) in [5, 5.41) is 0. The highest BCUT2D eigenvalue weighted by atomic mass is 15.3. The second kappa shape index (κ2) is 11.2. The van der Waals surface area contributed by atoms with E-state index in [0.717, 1.165) is 77.1 Å². The van der Waals surface area contributed by atoms with Crippen molar-refractivity contribution in [3.63, 3.8) is 0 Å². The Labute approximate surface area is 194 Å². The van der Waals surface area contributed by atoms with Gasteiger partial charge in [0.05, 0.1) is 5.69 Å². The van der Waals surface area contributed by atoms with Gasteiger partial charge in [-0.2, -0.15) is 0 Å². The fourth-order valence-corrected chi connectivity index (χ4v) is 4.88. The minimum Gasteiger partial charge on any atom is -0.338 e. The maximum Gasteiger partial charge on any atom is 0.225 e. The molecular weight excluding hydrogens is 396 g/mol. The van der Waals surface area contributed by atoms with Crippen molar-refractivity contribution in [2.75, 3.05) is 50.7 Å². The van der Waals surface area contributed by atoms with Crippen LogP contribution in [-0.2, 0) is 12.8 Å². The Balaban J connectivity index is 0.00000119. The van der Waals surface area contributed by atoms with Crippen LogP contribution in [0.4, 0.5) is 5.95 Å². The fraction of sp³-hybridized carbons (Fsp3) is 0.654.